The van der Waals surface area contributed by atoms with Crippen LogP contribution in [0.15, 0.2) is 48.5 Å². The lowest BCUT2D eigenvalue weighted by molar-refractivity contribution is -0.274. The lowest BCUT2D eigenvalue weighted by Gasteiger charge is -2.27. The second-order valence-corrected chi connectivity index (χ2v) is 4.98. The fourth-order valence-corrected chi connectivity index (χ4v) is 2.73. The Morgan fingerprint density at radius 1 is 1.05 bits per heavy atom. The van der Waals surface area contributed by atoms with Gasteiger partial charge in [-0.1, -0.05) is 30.3 Å². The third kappa shape index (κ3) is 3.12. The fraction of sp³-hybridized carbons (Fsp3) is 0.250. The third-order valence-corrected chi connectivity index (χ3v) is 3.58. The summed E-state index contributed by atoms with van der Waals surface area (Å²) in [6.07, 6.45) is -3.83. The van der Waals surface area contributed by atoms with Crippen LogP contribution in [0.4, 0.5) is 18.9 Å². The van der Waals surface area contributed by atoms with Crippen molar-refractivity contribution in [3.8, 4) is 5.75 Å². The number of hydrogen-bond acceptors (Lipinski definition) is 2. The molecule has 0 saturated carbocycles. The van der Waals surface area contributed by atoms with Crippen LogP contribution >= 0.6 is 0 Å². The Morgan fingerprint density at radius 2 is 1.81 bits per heavy atom. The van der Waals surface area contributed by atoms with E-state index in [1.54, 1.807) is 6.07 Å². The fourth-order valence-electron chi connectivity index (χ4n) is 2.73. The number of hydrogen-bond donors (Lipinski definition) is 1. The van der Waals surface area contributed by atoms with Crippen LogP contribution in [-0.2, 0) is 0 Å². The molecule has 2 aromatic carbocycles. The highest BCUT2D eigenvalue weighted by Crippen LogP contribution is 2.39. The zero-order chi connectivity index (χ0) is 14.9. The molecular weight excluding hydrogens is 279 g/mol. The van der Waals surface area contributed by atoms with Crippen LogP contribution in [-0.4, -0.2) is 12.9 Å². The van der Waals surface area contributed by atoms with Crippen molar-refractivity contribution in [2.45, 2.75) is 18.7 Å². The van der Waals surface area contributed by atoms with Gasteiger partial charge < -0.3 is 10.1 Å². The summed E-state index contributed by atoms with van der Waals surface area (Å²) in [6.45, 7) is 0.798. The Hall–Kier alpha value is -2.17. The molecule has 1 aliphatic rings. The van der Waals surface area contributed by atoms with Crippen molar-refractivity contribution in [1.82, 2.24) is 0 Å². The highest BCUT2D eigenvalue weighted by molar-refractivity contribution is 5.59. The van der Waals surface area contributed by atoms with Crippen LogP contribution in [0.25, 0.3) is 0 Å². The molecular formula is C16H14F3NO. The molecule has 1 atom stereocenters. The highest BCUT2D eigenvalue weighted by atomic mass is 19.4. The van der Waals surface area contributed by atoms with Gasteiger partial charge in [0, 0.05) is 18.2 Å². The molecule has 0 amide bonds. The van der Waals surface area contributed by atoms with E-state index in [1.807, 2.05) is 30.3 Å². The minimum atomic E-state index is -4.67. The summed E-state index contributed by atoms with van der Waals surface area (Å²) < 4.78 is 41.1. The second kappa shape index (κ2) is 5.31. The predicted molar refractivity (Wildman–Crippen MR) is 74.5 cm³/mol. The Balaban J connectivity index is 1.97. The molecule has 0 aromatic heterocycles. The summed E-state index contributed by atoms with van der Waals surface area (Å²) in [5, 5.41) is 3.22. The first-order valence-corrected chi connectivity index (χ1v) is 6.71. The van der Waals surface area contributed by atoms with Crippen molar-refractivity contribution >= 4 is 5.69 Å². The van der Waals surface area contributed by atoms with E-state index in [0.717, 1.165) is 29.8 Å². The summed E-state index contributed by atoms with van der Waals surface area (Å²) in [7, 11) is 0. The first-order chi connectivity index (χ1) is 10.0. The maximum atomic E-state index is 12.4. The van der Waals surface area contributed by atoms with Gasteiger partial charge in [0.1, 0.15) is 5.75 Å². The van der Waals surface area contributed by atoms with Crippen molar-refractivity contribution < 1.29 is 17.9 Å². The molecule has 0 saturated heterocycles. The number of rotatable bonds is 2. The Labute approximate surface area is 120 Å². The molecule has 0 aliphatic carbocycles. The smallest absolute Gasteiger partial charge is 0.406 e. The molecule has 2 aromatic rings. The molecule has 0 spiro atoms. The summed E-state index contributed by atoms with van der Waals surface area (Å²) in [5.41, 5.74) is 2.81. The van der Waals surface area contributed by atoms with E-state index < -0.39 is 6.36 Å². The van der Waals surface area contributed by atoms with E-state index in [-0.39, 0.29) is 11.7 Å². The number of nitrogens with one attached hydrogen (secondary N) is 1. The van der Waals surface area contributed by atoms with E-state index in [9.17, 15) is 13.2 Å². The molecule has 1 unspecified atom stereocenters. The van der Waals surface area contributed by atoms with Crippen molar-refractivity contribution in [2.75, 3.05) is 11.9 Å². The van der Waals surface area contributed by atoms with E-state index in [1.165, 1.54) is 12.1 Å². The van der Waals surface area contributed by atoms with Gasteiger partial charge in [-0.25, -0.2) is 0 Å². The zero-order valence-corrected chi connectivity index (χ0v) is 11.2. The zero-order valence-electron chi connectivity index (χ0n) is 11.2. The normalized spacial score (nSPS) is 17.8. The maximum Gasteiger partial charge on any atom is 0.573 e. The Kier molecular flexibility index (Phi) is 3.49. The van der Waals surface area contributed by atoms with Gasteiger partial charge in [0.2, 0.25) is 0 Å². The monoisotopic (exact) mass is 293 g/mol. The SMILES string of the molecule is FC(F)(F)Oc1ccc2c(c1)C(c1ccccc1)CCN2. The average Bonchev–Trinajstić information content (AvgIpc) is 2.46. The van der Waals surface area contributed by atoms with Gasteiger partial charge in [0.05, 0.1) is 0 Å². The molecule has 0 radical (unpaired) electrons. The molecule has 3 rings (SSSR count). The van der Waals surface area contributed by atoms with Gasteiger partial charge in [0.15, 0.2) is 0 Å². The Morgan fingerprint density at radius 3 is 2.52 bits per heavy atom. The van der Waals surface area contributed by atoms with Gasteiger partial charge in [-0.05, 0) is 35.7 Å². The van der Waals surface area contributed by atoms with Crippen LogP contribution in [0.3, 0.4) is 0 Å². The van der Waals surface area contributed by atoms with Gasteiger partial charge in [-0.15, -0.1) is 13.2 Å². The average molecular weight is 293 g/mol. The third-order valence-electron chi connectivity index (χ3n) is 3.58. The van der Waals surface area contributed by atoms with Crippen LogP contribution in [0.2, 0.25) is 0 Å². The number of halogens is 3. The number of benzene rings is 2. The van der Waals surface area contributed by atoms with E-state index in [2.05, 4.69) is 10.1 Å². The largest absolute Gasteiger partial charge is 0.573 e. The van der Waals surface area contributed by atoms with Gasteiger partial charge in [-0.3, -0.25) is 0 Å². The minimum absolute atomic E-state index is 0.0826. The van der Waals surface area contributed by atoms with Crippen LogP contribution < -0.4 is 10.1 Å². The summed E-state index contributed by atoms with van der Waals surface area (Å²) in [4.78, 5) is 0. The van der Waals surface area contributed by atoms with E-state index in [0.29, 0.717) is 0 Å². The number of ether oxygens (including phenoxy) is 1. The van der Waals surface area contributed by atoms with Crippen LogP contribution in [0, 0.1) is 0 Å². The molecule has 0 fully saturated rings. The van der Waals surface area contributed by atoms with Crippen molar-refractivity contribution in [3.63, 3.8) is 0 Å². The van der Waals surface area contributed by atoms with Crippen molar-refractivity contribution in [2.24, 2.45) is 0 Å². The van der Waals surface area contributed by atoms with Crippen molar-refractivity contribution in [3.05, 3.63) is 59.7 Å². The minimum Gasteiger partial charge on any atom is -0.406 e. The number of anilines is 1. The topological polar surface area (TPSA) is 21.3 Å². The maximum absolute atomic E-state index is 12.4. The molecule has 110 valence electrons. The molecule has 1 aliphatic heterocycles. The molecule has 2 nitrogen and oxygen atoms in total. The summed E-state index contributed by atoms with van der Waals surface area (Å²) in [6, 6.07) is 14.3. The van der Waals surface area contributed by atoms with Crippen LogP contribution in [0.5, 0.6) is 5.75 Å². The summed E-state index contributed by atoms with van der Waals surface area (Å²) >= 11 is 0. The quantitative estimate of drug-likeness (QED) is 0.878. The molecule has 1 N–H and O–H groups in total. The summed E-state index contributed by atoms with van der Waals surface area (Å²) in [5.74, 6) is -0.0925. The van der Waals surface area contributed by atoms with Crippen LogP contribution in [0.1, 0.15) is 23.5 Å². The molecule has 5 heteroatoms. The van der Waals surface area contributed by atoms with Crippen molar-refractivity contribution in [1.29, 1.82) is 0 Å². The highest BCUT2D eigenvalue weighted by Gasteiger charge is 2.32. The van der Waals surface area contributed by atoms with E-state index in [4.69, 9.17) is 0 Å². The first-order valence-electron chi connectivity index (χ1n) is 6.71. The van der Waals surface area contributed by atoms with Gasteiger partial charge in [-0.2, -0.15) is 0 Å². The molecule has 21 heavy (non-hydrogen) atoms. The molecule has 1 heterocycles. The van der Waals surface area contributed by atoms with Gasteiger partial charge in [0.25, 0.3) is 0 Å². The van der Waals surface area contributed by atoms with Gasteiger partial charge >= 0.3 is 6.36 Å². The Bertz CT molecular complexity index is 625. The predicted octanol–water partition coefficient (Wildman–Crippen LogP) is 4.53. The number of alkyl halides is 3. The number of fused-ring (bicyclic) bond motifs is 1. The molecule has 0 bridgehead atoms. The lowest BCUT2D eigenvalue weighted by Crippen LogP contribution is -2.20. The lowest BCUT2D eigenvalue weighted by atomic mass is 9.85. The standard InChI is InChI=1S/C16H14F3NO/c17-16(18,19)21-12-6-7-15-14(10-12)13(8-9-20-15)11-4-2-1-3-5-11/h1-7,10,13,20H,8-9H2. The second-order valence-electron chi connectivity index (χ2n) is 4.98. The van der Waals surface area contributed by atoms with E-state index >= 15 is 0 Å². The first kappa shape index (κ1) is 13.8.